The molecule has 0 aliphatic heterocycles. The van der Waals surface area contributed by atoms with Crippen molar-refractivity contribution in [3.05, 3.63) is 224 Å². The summed E-state index contributed by atoms with van der Waals surface area (Å²) < 4.78 is 142. The summed E-state index contributed by atoms with van der Waals surface area (Å²) in [6.45, 7) is 0. The minimum absolute atomic E-state index is 0.0728. The molecule has 65 heavy (non-hydrogen) atoms. The molecular formula is C60H46N4O. The molecule has 0 spiro atoms. The van der Waals surface area contributed by atoms with Crippen molar-refractivity contribution in [2.45, 2.75) is 38.0 Å². The van der Waals surface area contributed by atoms with Crippen molar-refractivity contribution in [1.82, 2.24) is 14.1 Å². The summed E-state index contributed by atoms with van der Waals surface area (Å²) in [6, 6.07) is 27.9. The summed E-state index contributed by atoms with van der Waals surface area (Å²) in [5.41, 5.74) is 5.00. The molecule has 8 aromatic carbocycles. The smallest absolute Gasteiger partial charge is 0.269 e. The van der Waals surface area contributed by atoms with Crippen LogP contribution in [0.15, 0.2) is 212 Å². The van der Waals surface area contributed by atoms with Crippen LogP contribution in [0.1, 0.15) is 64.1 Å². The lowest BCUT2D eigenvalue weighted by molar-refractivity contribution is -0.571. The molecule has 11 aromatic rings. The van der Waals surface area contributed by atoms with Crippen LogP contribution in [0.3, 0.4) is 0 Å². The molecule has 0 amide bonds. The first-order chi connectivity index (χ1) is 38.5. The SMILES string of the molecule is [2H]c1c([2H])c([2H])c(-c2cnc(-n3c4ccccc4c4ccc(Oc5cccc(-n6[c-][n+](-c7c(-c8c([2H])c([2H])c([2H])c([2H])c8[2H])cccc7-c7c([2H])c([2H])c([2H])c([2H])c7[2H])c7ccccc76)c5)cc43)cc2C2CCCCC2)c([2H])c1[2H]. The van der Waals surface area contributed by atoms with Gasteiger partial charge in [-0.1, -0.05) is 177 Å². The number of imidazole rings is 1. The van der Waals surface area contributed by atoms with Crippen molar-refractivity contribution in [2.24, 2.45) is 0 Å². The Kier molecular flexibility index (Phi) is 6.62. The van der Waals surface area contributed by atoms with Gasteiger partial charge in [-0.25, -0.2) is 4.98 Å². The van der Waals surface area contributed by atoms with Gasteiger partial charge in [-0.3, -0.25) is 13.7 Å². The van der Waals surface area contributed by atoms with Crippen LogP contribution in [0.25, 0.3) is 83.4 Å². The first-order valence-electron chi connectivity index (χ1n) is 29.1. The van der Waals surface area contributed by atoms with Crippen molar-refractivity contribution in [1.29, 1.82) is 0 Å². The van der Waals surface area contributed by atoms with Crippen LogP contribution in [0.5, 0.6) is 11.5 Å². The van der Waals surface area contributed by atoms with Crippen LogP contribution in [0, 0.1) is 6.33 Å². The molecule has 12 rings (SSSR count). The number of para-hydroxylation sites is 4. The van der Waals surface area contributed by atoms with Gasteiger partial charge >= 0.3 is 0 Å². The highest BCUT2D eigenvalue weighted by molar-refractivity contribution is 6.09. The summed E-state index contributed by atoms with van der Waals surface area (Å²) in [6.07, 6.45) is 9.95. The van der Waals surface area contributed by atoms with Gasteiger partial charge in [0.15, 0.2) is 0 Å². The minimum atomic E-state index is -0.588. The van der Waals surface area contributed by atoms with E-state index in [9.17, 15) is 0 Å². The maximum Gasteiger partial charge on any atom is 0.269 e. The predicted molar refractivity (Wildman–Crippen MR) is 264 cm³/mol. The van der Waals surface area contributed by atoms with E-state index in [2.05, 4.69) is 10.9 Å². The lowest BCUT2D eigenvalue weighted by atomic mass is 9.81. The minimum Gasteiger partial charge on any atom is -0.458 e. The maximum absolute atomic E-state index is 9.05. The second-order valence-corrected chi connectivity index (χ2v) is 16.1. The van der Waals surface area contributed by atoms with E-state index in [0.717, 1.165) is 59.5 Å². The average molecular weight is 854 g/mol. The molecule has 0 N–H and O–H groups in total. The van der Waals surface area contributed by atoms with Gasteiger partial charge in [0.1, 0.15) is 17.3 Å². The molecular weight excluding hydrogens is 793 g/mol. The zero-order valence-corrected chi connectivity index (χ0v) is 34.9. The molecule has 0 unspecified atom stereocenters. The number of rotatable bonds is 9. The van der Waals surface area contributed by atoms with Crippen molar-refractivity contribution >= 4 is 32.8 Å². The van der Waals surface area contributed by atoms with Crippen molar-refractivity contribution in [3.8, 4) is 62.1 Å². The topological polar surface area (TPSA) is 35.9 Å². The molecule has 3 heterocycles. The van der Waals surface area contributed by atoms with Crippen LogP contribution in [-0.2, 0) is 0 Å². The Labute approximate surface area is 400 Å². The van der Waals surface area contributed by atoms with Crippen molar-refractivity contribution < 1.29 is 29.9 Å². The largest absolute Gasteiger partial charge is 0.458 e. The number of benzene rings is 8. The Morgan fingerprint density at radius 1 is 0.554 bits per heavy atom. The van der Waals surface area contributed by atoms with Crippen LogP contribution in [0.2, 0.25) is 0 Å². The van der Waals surface area contributed by atoms with E-state index < -0.39 is 78.6 Å². The second-order valence-electron chi connectivity index (χ2n) is 16.1. The third-order valence-corrected chi connectivity index (χ3v) is 12.3. The molecule has 0 atom stereocenters. The predicted octanol–water partition coefficient (Wildman–Crippen LogP) is 15.0. The van der Waals surface area contributed by atoms with Gasteiger partial charge in [-0.05, 0) is 94.6 Å². The highest BCUT2D eigenvalue weighted by Crippen LogP contribution is 2.41. The molecule has 5 heteroatoms. The van der Waals surface area contributed by atoms with Crippen molar-refractivity contribution in [2.75, 3.05) is 0 Å². The molecule has 1 saturated carbocycles. The average Bonchev–Trinajstić information content (AvgIpc) is 4.21. The molecule has 1 aliphatic carbocycles. The van der Waals surface area contributed by atoms with E-state index in [1.807, 2.05) is 84.9 Å². The van der Waals surface area contributed by atoms with E-state index in [4.69, 9.17) is 30.3 Å². The van der Waals surface area contributed by atoms with E-state index in [-0.39, 0.29) is 51.5 Å². The number of aromatic nitrogens is 4. The van der Waals surface area contributed by atoms with E-state index in [1.165, 1.54) is 0 Å². The summed E-state index contributed by atoms with van der Waals surface area (Å²) >= 11 is 0. The Hall–Kier alpha value is -8.02. The number of nitrogens with zero attached hydrogens (tertiary/aromatic N) is 4. The number of fused-ring (bicyclic) bond motifs is 4. The Bertz CT molecular complexity index is 4240. The van der Waals surface area contributed by atoms with E-state index in [0.29, 0.717) is 39.6 Å². The molecule has 1 fully saturated rings. The lowest BCUT2D eigenvalue weighted by Gasteiger charge is -2.25. The van der Waals surface area contributed by atoms with Gasteiger partial charge in [0.2, 0.25) is 0 Å². The fourth-order valence-electron chi connectivity index (χ4n) is 9.38. The van der Waals surface area contributed by atoms with Gasteiger partial charge in [0.25, 0.3) is 6.33 Å². The highest BCUT2D eigenvalue weighted by Gasteiger charge is 2.23. The number of pyridine rings is 1. The van der Waals surface area contributed by atoms with E-state index >= 15 is 0 Å². The Morgan fingerprint density at radius 2 is 1.17 bits per heavy atom. The molecule has 0 radical (unpaired) electrons. The quantitative estimate of drug-likeness (QED) is 0.107. The Morgan fingerprint density at radius 3 is 1.89 bits per heavy atom. The zero-order chi connectivity index (χ0) is 56.2. The van der Waals surface area contributed by atoms with Crippen LogP contribution in [0.4, 0.5) is 0 Å². The first kappa shape index (κ1) is 25.9. The van der Waals surface area contributed by atoms with E-state index in [1.54, 1.807) is 45.7 Å². The Balaban J connectivity index is 0.996. The fourth-order valence-corrected chi connectivity index (χ4v) is 9.38. The molecule has 1 aliphatic rings. The third kappa shape index (κ3) is 7.06. The van der Waals surface area contributed by atoms with Gasteiger partial charge < -0.3 is 4.74 Å². The summed E-state index contributed by atoms with van der Waals surface area (Å²) in [7, 11) is 0. The second kappa shape index (κ2) is 16.6. The maximum atomic E-state index is 9.05. The summed E-state index contributed by atoms with van der Waals surface area (Å²) in [5, 5.41) is 1.90. The summed E-state index contributed by atoms with van der Waals surface area (Å²) in [4.78, 5) is 5.00. The van der Waals surface area contributed by atoms with Gasteiger partial charge in [-0.15, -0.1) is 0 Å². The van der Waals surface area contributed by atoms with Crippen LogP contribution < -0.4 is 9.30 Å². The van der Waals surface area contributed by atoms with Crippen molar-refractivity contribution in [3.63, 3.8) is 0 Å². The molecule has 5 nitrogen and oxygen atoms in total. The summed E-state index contributed by atoms with van der Waals surface area (Å²) in [5.74, 6) is 1.61. The molecule has 0 bridgehead atoms. The first-order valence-corrected chi connectivity index (χ1v) is 21.6. The third-order valence-electron chi connectivity index (χ3n) is 12.3. The lowest BCUT2D eigenvalue weighted by Crippen LogP contribution is -2.31. The fraction of sp³-hybridized carbons (Fsp3) is 0.100. The standard InChI is InChI=1S/C60H46N4O/c1-5-19-42(20-6-1)49-30-18-31-50(43-21-7-2-8-22-43)60(49)63-41-62(56-33-15-16-34-57(56)63)46-27-17-28-47(37-46)65-48-35-36-52-51-29-13-14-32-55(51)64(58(52)38-48)59-39-53(44-23-9-3-10-24-44)54(40-61-59)45-25-11-4-12-26-45/h1-2,4-8,11-22,25-40,44H,3,9-10,23-24H2/i1D,2D,4D,5D,6D,7D,8D,11D,12D,19D,20D,21D,22D,25D,26D. The monoisotopic (exact) mass is 853 g/mol. The number of ether oxygens (including phenoxy) is 1. The zero-order valence-electron chi connectivity index (χ0n) is 49.9. The number of hydrogen-bond donors (Lipinski definition) is 0. The normalized spacial score (nSPS) is 16.4. The van der Waals surface area contributed by atoms with Crippen LogP contribution >= 0.6 is 0 Å². The van der Waals surface area contributed by atoms with Gasteiger partial charge in [0, 0.05) is 28.6 Å². The highest BCUT2D eigenvalue weighted by atomic mass is 16.5. The van der Waals surface area contributed by atoms with Gasteiger partial charge in [0.05, 0.1) is 54.0 Å². The molecule has 3 aromatic heterocycles. The molecule has 312 valence electrons. The molecule has 0 saturated heterocycles. The van der Waals surface area contributed by atoms with Gasteiger partial charge in [-0.2, -0.15) is 0 Å². The van der Waals surface area contributed by atoms with Crippen LogP contribution in [-0.4, -0.2) is 14.1 Å². The number of hydrogen-bond acceptors (Lipinski definition) is 2.